The lowest BCUT2D eigenvalue weighted by molar-refractivity contribution is -0.139. The van der Waals surface area contributed by atoms with Crippen molar-refractivity contribution in [1.29, 1.82) is 0 Å². The Hall–Kier alpha value is -2.48. The highest BCUT2D eigenvalue weighted by Crippen LogP contribution is 2.24. The van der Waals surface area contributed by atoms with Crippen LogP contribution in [0, 0.1) is 5.82 Å². The third-order valence-electron chi connectivity index (χ3n) is 3.61. The molecule has 130 valence electrons. The van der Waals surface area contributed by atoms with E-state index in [0.29, 0.717) is 18.7 Å². The van der Waals surface area contributed by atoms with Crippen molar-refractivity contribution in [3.63, 3.8) is 0 Å². The second-order valence-corrected chi connectivity index (χ2v) is 5.41. The number of rotatable bonds is 5. The molecule has 2 rings (SSSR count). The van der Waals surface area contributed by atoms with Crippen LogP contribution in [0.25, 0.3) is 0 Å². The number of nitrogens with zero attached hydrogens (tertiary/aromatic N) is 1. The summed E-state index contributed by atoms with van der Waals surface area (Å²) in [5.74, 6) is -1.42. The van der Waals surface area contributed by atoms with E-state index < -0.39 is 12.0 Å². The predicted octanol–water partition coefficient (Wildman–Crippen LogP) is -0.0221. The maximum Gasteiger partial charge on any atom is 0.242 e. The monoisotopic (exact) mass is 337 g/mol. The molecule has 3 amide bonds. The summed E-state index contributed by atoms with van der Waals surface area (Å²) in [4.78, 5) is 35.9. The molecule has 1 fully saturated rings. The molecule has 0 aromatic heterocycles. The maximum absolute atomic E-state index is 13.8. The Kier molecular flexibility index (Phi) is 6.25. The van der Waals surface area contributed by atoms with Gasteiger partial charge in [0, 0.05) is 19.0 Å². The number of hydrogen-bond acceptors (Lipinski definition) is 4. The van der Waals surface area contributed by atoms with Crippen molar-refractivity contribution < 1.29 is 23.5 Å². The van der Waals surface area contributed by atoms with E-state index >= 15 is 0 Å². The molecule has 0 radical (unpaired) electrons. The Balaban J connectivity index is 1.85. The number of benzene rings is 1. The topological polar surface area (TPSA) is 87.7 Å². The molecule has 1 saturated heterocycles. The van der Waals surface area contributed by atoms with Gasteiger partial charge in [-0.1, -0.05) is 18.2 Å². The van der Waals surface area contributed by atoms with E-state index in [1.807, 2.05) is 0 Å². The summed E-state index contributed by atoms with van der Waals surface area (Å²) >= 11 is 0. The number of morpholine rings is 1. The summed E-state index contributed by atoms with van der Waals surface area (Å²) in [6, 6.07) is 6.28. The molecule has 0 saturated carbocycles. The van der Waals surface area contributed by atoms with Gasteiger partial charge in [-0.2, -0.15) is 0 Å². The van der Waals surface area contributed by atoms with Crippen LogP contribution in [0.2, 0.25) is 0 Å². The molecular weight excluding hydrogens is 317 g/mol. The number of amides is 3. The van der Waals surface area contributed by atoms with E-state index in [1.54, 1.807) is 18.2 Å². The standard InChI is InChI=1S/C16H20FN3O4/c1-11(21)18-8-15(22)19-9-16(23)20-6-7-24-14(10-20)12-4-2-3-5-13(12)17/h2-5,14H,6-10H2,1H3,(H,18,21)(H,19,22)/t14-/m1/s1. The van der Waals surface area contributed by atoms with Gasteiger partial charge in [0.05, 0.1) is 26.2 Å². The van der Waals surface area contributed by atoms with Crippen LogP contribution < -0.4 is 10.6 Å². The SMILES string of the molecule is CC(=O)NCC(=O)NCC(=O)N1CCO[C@@H](c2ccccc2F)C1. The first kappa shape index (κ1) is 17.9. The molecule has 8 heteroatoms. The quantitative estimate of drug-likeness (QED) is 0.790. The Morgan fingerprint density at radius 3 is 2.71 bits per heavy atom. The second-order valence-electron chi connectivity index (χ2n) is 5.41. The lowest BCUT2D eigenvalue weighted by Crippen LogP contribution is -2.47. The number of carbonyl (C=O) groups excluding carboxylic acids is 3. The smallest absolute Gasteiger partial charge is 0.242 e. The van der Waals surface area contributed by atoms with Gasteiger partial charge < -0.3 is 20.3 Å². The van der Waals surface area contributed by atoms with E-state index in [2.05, 4.69) is 10.6 Å². The molecule has 1 atom stereocenters. The van der Waals surface area contributed by atoms with Crippen molar-refractivity contribution in [2.45, 2.75) is 13.0 Å². The van der Waals surface area contributed by atoms with Crippen molar-refractivity contribution in [1.82, 2.24) is 15.5 Å². The predicted molar refractivity (Wildman–Crippen MR) is 83.4 cm³/mol. The van der Waals surface area contributed by atoms with E-state index in [4.69, 9.17) is 4.74 Å². The molecule has 0 spiro atoms. The summed E-state index contributed by atoms with van der Waals surface area (Å²) in [5.41, 5.74) is 0.407. The molecule has 1 aliphatic rings. The van der Waals surface area contributed by atoms with Crippen LogP contribution >= 0.6 is 0 Å². The van der Waals surface area contributed by atoms with Crippen LogP contribution in [0.4, 0.5) is 4.39 Å². The molecule has 7 nitrogen and oxygen atoms in total. The average molecular weight is 337 g/mol. The zero-order chi connectivity index (χ0) is 17.5. The highest BCUT2D eigenvalue weighted by molar-refractivity contribution is 5.87. The largest absolute Gasteiger partial charge is 0.370 e. The zero-order valence-corrected chi connectivity index (χ0v) is 13.4. The zero-order valence-electron chi connectivity index (χ0n) is 13.4. The van der Waals surface area contributed by atoms with Crippen LogP contribution in [0.1, 0.15) is 18.6 Å². The Bertz CT molecular complexity index is 623. The van der Waals surface area contributed by atoms with Gasteiger partial charge in [0.1, 0.15) is 11.9 Å². The van der Waals surface area contributed by atoms with Crippen molar-refractivity contribution >= 4 is 17.7 Å². The van der Waals surface area contributed by atoms with Crippen LogP contribution in [-0.2, 0) is 19.1 Å². The highest BCUT2D eigenvalue weighted by Gasteiger charge is 2.27. The first-order valence-electron chi connectivity index (χ1n) is 7.62. The van der Waals surface area contributed by atoms with Crippen LogP contribution in [0.3, 0.4) is 0 Å². The number of ether oxygens (including phenoxy) is 1. The Morgan fingerprint density at radius 1 is 1.25 bits per heavy atom. The van der Waals surface area contributed by atoms with E-state index in [9.17, 15) is 18.8 Å². The van der Waals surface area contributed by atoms with E-state index in [1.165, 1.54) is 17.9 Å². The molecule has 1 aromatic rings. The van der Waals surface area contributed by atoms with E-state index in [0.717, 1.165) is 0 Å². The van der Waals surface area contributed by atoms with Crippen molar-refractivity contribution in [3.05, 3.63) is 35.6 Å². The van der Waals surface area contributed by atoms with Gasteiger partial charge in [0.15, 0.2) is 0 Å². The van der Waals surface area contributed by atoms with Crippen LogP contribution in [-0.4, -0.2) is 55.4 Å². The molecule has 0 unspecified atom stereocenters. The van der Waals surface area contributed by atoms with Gasteiger partial charge in [-0.25, -0.2) is 4.39 Å². The molecule has 0 aliphatic carbocycles. The lowest BCUT2D eigenvalue weighted by atomic mass is 10.1. The average Bonchev–Trinajstić information content (AvgIpc) is 2.58. The molecule has 1 heterocycles. The van der Waals surface area contributed by atoms with Gasteiger partial charge in [0.25, 0.3) is 0 Å². The highest BCUT2D eigenvalue weighted by atomic mass is 19.1. The lowest BCUT2D eigenvalue weighted by Gasteiger charge is -2.33. The van der Waals surface area contributed by atoms with Gasteiger partial charge in [0.2, 0.25) is 17.7 Å². The molecule has 1 aliphatic heterocycles. The summed E-state index contributed by atoms with van der Waals surface area (Å²) in [5, 5.41) is 4.79. The second kappa shape index (κ2) is 8.39. The van der Waals surface area contributed by atoms with Gasteiger partial charge >= 0.3 is 0 Å². The van der Waals surface area contributed by atoms with E-state index in [-0.39, 0.29) is 37.3 Å². The van der Waals surface area contributed by atoms with Crippen molar-refractivity contribution in [2.24, 2.45) is 0 Å². The summed E-state index contributed by atoms with van der Waals surface area (Å²) in [6.45, 7) is 1.85. The third kappa shape index (κ3) is 5.02. The minimum Gasteiger partial charge on any atom is -0.370 e. The molecule has 0 bridgehead atoms. The fourth-order valence-electron chi connectivity index (χ4n) is 2.35. The van der Waals surface area contributed by atoms with Crippen molar-refractivity contribution in [3.8, 4) is 0 Å². The minimum atomic E-state index is -0.529. The minimum absolute atomic E-state index is 0.177. The maximum atomic E-state index is 13.8. The molecule has 2 N–H and O–H groups in total. The van der Waals surface area contributed by atoms with Crippen LogP contribution in [0.15, 0.2) is 24.3 Å². The first-order chi connectivity index (χ1) is 11.5. The van der Waals surface area contributed by atoms with Gasteiger partial charge in [-0.15, -0.1) is 0 Å². The Labute approximate surface area is 139 Å². The normalized spacial score (nSPS) is 17.2. The summed E-state index contributed by atoms with van der Waals surface area (Å²) < 4.78 is 19.4. The number of nitrogens with one attached hydrogen (secondary N) is 2. The number of halogens is 1. The third-order valence-corrected chi connectivity index (χ3v) is 3.61. The van der Waals surface area contributed by atoms with Crippen LogP contribution in [0.5, 0.6) is 0 Å². The summed E-state index contributed by atoms with van der Waals surface area (Å²) in [7, 11) is 0. The summed E-state index contributed by atoms with van der Waals surface area (Å²) in [6.07, 6.45) is -0.529. The number of carbonyl (C=O) groups is 3. The first-order valence-corrected chi connectivity index (χ1v) is 7.62. The Morgan fingerprint density at radius 2 is 2.00 bits per heavy atom. The number of hydrogen-bond donors (Lipinski definition) is 2. The fraction of sp³-hybridized carbons (Fsp3) is 0.438. The molecule has 24 heavy (non-hydrogen) atoms. The molecule has 1 aromatic carbocycles. The van der Waals surface area contributed by atoms with Crippen molar-refractivity contribution in [2.75, 3.05) is 32.8 Å². The van der Waals surface area contributed by atoms with Gasteiger partial charge in [-0.3, -0.25) is 14.4 Å². The molecular formula is C16H20FN3O4. The fourth-order valence-corrected chi connectivity index (χ4v) is 2.35. The van der Waals surface area contributed by atoms with Gasteiger partial charge in [-0.05, 0) is 6.07 Å².